The van der Waals surface area contributed by atoms with E-state index in [9.17, 15) is 4.79 Å². The molecular weight excluding hydrogens is 314 g/mol. The molecule has 1 N–H and O–H groups in total. The molecule has 0 fully saturated rings. The van der Waals surface area contributed by atoms with Crippen LogP contribution in [0.2, 0.25) is 0 Å². The van der Waals surface area contributed by atoms with Crippen molar-refractivity contribution in [3.05, 3.63) is 41.7 Å². The van der Waals surface area contributed by atoms with E-state index in [1.807, 2.05) is 31.4 Å². The van der Waals surface area contributed by atoms with Crippen molar-refractivity contribution in [1.29, 1.82) is 0 Å². The first kappa shape index (κ1) is 15.4. The van der Waals surface area contributed by atoms with Crippen LogP contribution in [0.15, 0.2) is 40.5 Å². The predicted molar refractivity (Wildman–Crippen MR) is 85.9 cm³/mol. The maximum Gasteiger partial charge on any atom is 0.273 e. The second kappa shape index (κ2) is 6.74. The van der Waals surface area contributed by atoms with Gasteiger partial charge in [0, 0.05) is 6.07 Å². The second-order valence-electron chi connectivity index (χ2n) is 5.46. The number of carbonyl (C=O) groups is 1. The van der Waals surface area contributed by atoms with Crippen LogP contribution in [0.1, 0.15) is 24.3 Å². The highest BCUT2D eigenvalue weighted by Crippen LogP contribution is 2.25. The fraction of sp³-hybridized carbons (Fsp3) is 0.333. The van der Waals surface area contributed by atoms with Gasteiger partial charge in [0.05, 0.1) is 29.9 Å². The van der Waals surface area contributed by atoms with Gasteiger partial charge >= 0.3 is 0 Å². The maximum atomic E-state index is 12.4. The monoisotopic (exact) mass is 331 g/mol. The number of nitrogens with zero attached hydrogens (tertiary/aromatic N) is 4. The molecule has 0 aliphatic carbocycles. The minimum atomic E-state index is -0.262. The van der Waals surface area contributed by atoms with Crippen molar-refractivity contribution in [3.8, 4) is 10.6 Å². The molecule has 7 nitrogen and oxygen atoms in total. The van der Waals surface area contributed by atoms with Crippen molar-refractivity contribution in [2.45, 2.75) is 26.4 Å². The fourth-order valence-electron chi connectivity index (χ4n) is 2.10. The van der Waals surface area contributed by atoms with Crippen molar-refractivity contribution in [3.63, 3.8) is 0 Å². The third-order valence-electron chi connectivity index (χ3n) is 3.45. The fourth-order valence-corrected chi connectivity index (χ4v) is 2.77. The van der Waals surface area contributed by atoms with E-state index in [0.717, 1.165) is 4.88 Å². The summed E-state index contributed by atoms with van der Waals surface area (Å²) in [5, 5.41) is 16.9. The van der Waals surface area contributed by atoms with E-state index in [2.05, 4.69) is 20.7 Å². The van der Waals surface area contributed by atoms with Crippen molar-refractivity contribution < 1.29 is 9.32 Å². The summed E-state index contributed by atoms with van der Waals surface area (Å²) in [5.41, 5.74) is 0.271. The van der Waals surface area contributed by atoms with Crippen LogP contribution in [0.3, 0.4) is 0 Å². The lowest BCUT2D eigenvalue weighted by molar-refractivity contribution is 0.0908. The van der Waals surface area contributed by atoms with Crippen LogP contribution in [-0.4, -0.2) is 32.1 Å². The Kier molecular flexibility index (Phi) is 4.52. The van der Waals surface area contributed by atoms with Gasteiger partial charge in [-0.1, -0.05) is 25.1 Å². The van der Waals surface area contributed by atoms with Crippen LogP contribution in [0, 0.1) is 5.92 Å². The van der Waals surface area contributed by atoms with Crippen LogP contribution in [0.5, 0.6) is 0 Å². The number of nitrogens with one attached hydrogen (secondary N) is 1. The van der Waals surface area contributed by atoms with Crippen molar-refractivity contribution >= 4 is 17.2 Å². The molecule has 23 heavy (non-hydrogen) atoms. The Morgan fingerprint density at radius 2 is 2.17 bits per heavy atom. The number of hydrogen-bond acceptors (Lipinski definition) is 6. The molecule has 1 unspecified atom stereocenters. The molecule has 120 valence electrons. The molecule has 0 aliphatic rings. The molecule has 0 saturated heterocycles. The Morgan fingerprint density at radius 3 is 2.83 bits per heavy atom. The van der Waals surface area contributed by atoms with Crippen molar-refractivity contribution in [2.75, 3.05) is 0 Å². The third-order valence-corrected chi connectivity index (χ3v) is 4.34. The van der Waals surface area contributed by atoms with E-state index in [0.29, 0.717) is 12.3 Å². The van der Waals surface area contributed by atoms with Gasteiger partial charge in [-0.15, -0.1) is 11.3 Å². The summed E-state index contributed by atoms with van der Waals surface area (Å²) in [5.74, 6) is 0.566. The molecular formula is C15H17N5O2S. The van der Waals surface area contributed by atoms with Gasteiger partial charge in [0.1, 0.15) is 0 Å². The first-order chi connectivity index (χ1) is 11.1. The van der Waals surface area contributed by atoms with E-state index in [-0.39, 0.29) is 23.6 Å². The molecule has 0 radical (unpaired) electrons. The van der Waals surface area contributed by atoms with Gasteiger partial charge in [-0.25, -0.2) is 0 Å². The Bertz CT molecular complexity index is 749. The van der Waals surface area contributed by atoms with Gasteiger partial charge in [0.25, 0.3) is 5.91 Å². The number of carbonyl (C=O) groups excluding carboxylic acids is 1. The third kappa shape index (κ3) is 3.65. The molecule has 3 heterocycles. The molecule has 1 amide bonds. The lowest BCUT2D eigenvalue weighted by Gasteiger charge is -2.21. The maximum absolute atomic E-state index is 12.4. The lowest BCUT2D eigenvalue weighted by atomic mass is 10.0. The minimum absolute atomic E-state index is 0.100. The van der Waals surface area contributed by atoms with Crippen LogP contribution >= 0.6 is 11.3 Å². The highest BCUT2D eigenvalue weighted by Gasteiger charge is 2.21. The summed E-state index contributed by atoms with van der Waals surface area (Å²) in [4.78, 5) is 14.9. The molecule has 3 aromatic rings. The predicted octanol–water partition coefficient (Wildman–Crippen LogP) is 2.45. The van der Waals surface area contributed by atoms with Crippen LogP contribution in [0.4, 0.5) is 0 Å². The topological polar surface area (TPSA) is 85.8 Å². The van der Waals surface area contributed by atoms with E-state index < -0.39 is 0 Å². The van der Waals surface area contributed by atoms with E-state index in [1.54, 1.807) is 23.3 Å². The zero-order valence-corrected chi connectivity index (χ0v) is 13.7. The molecule has 0 spiro atoms. The standard InChI is InChI=1S/C15H17N5O2S/c1-10(2)12(9-20-16-5-6-17-20)18-15(21)11-8-13(22-19-11)14-4-3-7-23-14/h3-8,10,12H,9H2,1-2H3,(H,18,21). The molecule has 0 bridgehead atoms. The smallest absolute Gasteiger partial charge is 0.273 e. The molecule has 3 rings (SSSR count). The number of thiophene rings is 1. The number of rotatable bonds is 6. The van der Waals surface area contributed by atoms with Crippen molar-refractivity contribution in [1.82, 2.24) is 25.5 Å². The second-order valence-corrected chi connectivity index (χ2v) is 6.41. The lowest BCUT2D eigenvalue weighted by Crippen LogP contribution is -2.42. The summed E-state index contributed by atoms with van der Waals surface area (Å²) >= 11 is 1.54. The SMILES string of the molecule is CC(C)C(Cn1nccn1)NC(=O)c1cc(-c2cccs2)on1. The van der Waals surface area contributed by atoms with E-state index in [4.69, 9.17) is 4.52 Å². The average molecular weight is 331 g/mol. The van der Waals surface area contributed by atoms with E-state index >= 15 is 0 Å². The van der Waals surface area contributed by atoms with Crippen LogP contribution in [0.25, 0.3) is 10.6 Å². The quantitative estimate of drug-likeness (QED) is 0.750. The molecule has 3 aromatic heterocycles. The van der Waals surface area contributed by atoms with Gasteiger partial charge in [-0.3, -0.25) is 4.79 Å². The van der Waals surface area contributed by atoms with Gasteiger partial charge in [0.2, 0.25) is 0 Å². The zero-order valence-electron chi connectivity index (χ0n) is 12.8. The van der Waals surface area contributed by atoms with Crippen molar-refractivity contribution in [2.24, 2.45) is 5.92 Å². The number of hydrogen-bond donors (Lipinski definition) is 1. The average Bonchev–Trinajstić information content (AvgIpc) is 3.27. The normalized spacial score (nSPS) is 12.5. The number of amides is 1. The van der Waals surface area contributed by atoms with Crippen LogP contribution in [-0.2, 0) is 6.54 Å². The Morgan fingerprint density at radius 1 is 1.39 bits per heavy atom. The van der Waals surface area contributed by atoms with Gasteiger partial charge in [0.15, 0.2) is 11.5 Å². The summed E-state index contributed by atoms with van der Waals surface area (Å²) in [6, 6.07) is 5.41. The first-order valence-corrected chi connectivity index (χ1v) is 8.17. The summed E-state index contributed by atoms with van der Waals surface area (Å²) in [6.45, 7) is 4.58. The van der Waals surface area contributed by atoms with Gasteiger partial charge in [-0.05, 0) is 17.4 Å². The number of aromatic nitrogens is 4. The Hall–Kier alpha value is -2.48. The molecule has 0 aliphatic heterocycles. The summed E-state index contributed by atoms with van der Waals surface area (Å²) in [6.07, 6.45) is 3.23. The highest BCUT2D eigenvalue weighted by atomic mass is 32.1. The summed E-state index contributed by atoms with van der Waals surface area (Å²) < 4.78 is 5.25. The zero-order chi connectivity index (χ0) is 16.2. The first-order valence-electron chi connectivity index (χ1n) is 7.29. The summed E-state index contributed by atoms with van der Waals surface area (Å²) in [7, 11) is 0. The van der Waals surface area contributed by atoms with Crippen LogP contribution < -0.4 is 5.32 Å². The molecule has 0 aromatic carbocycles. The van der Waals surface area contributed by atoms with Gasteiger partial charge < -0.3 is 9.84 Å². The van der Waals surface area contributed by atoms with E-state index in [1.165, 1.54) is 11.3 Å². The Balaban J connectivity index is 1.69. The largest absolute Gasteiger partial charge is 0.355 e. The molecule has 1 atom stereocenters. The minimum Gasteiger partial charge on any atom is -0.355 e. The molecule has 8 heteroatoms. The van der Waals surface area contributed by atoms with Gasteiger partial charge in [-0.2, -0.15) is 15.0 Å². The molecule has 0 saturated carbocycles. The highest BCUT2D eigenvalue weighted by molar-refractivity contribution is 7.13. The Labute approximate surface area is 137 Å².